The molecule has 1 aliphatic rings. The van der Waals surface area contributed by atoms with Crippen LogP contribution in [0.1, 0.15) is 24.5 Å². The molecule has 5 nitrogen and oxygen atoms in total. The molecular formula is C24H28N4OS. The Morgan fingerprint density at radius 1 is 1.20 bits per heavy atom. The fourth-order valence-electron chi connectivity index (χ4n) is 3.86. The van der Waals surface area contributed by atoms with Crippen molar-refractivity contribution in [2.75, 3.05) is 13.1 Å². The van der Waals surface area contributed by atoms with Crippen molar-refractivity contribution < 1.29 is 4.79 Å². The predicted molar refractivity (Wildman–Crippen MR) is 122 cm³/mol. The lowest BCUT2D eigenvalue weighted by molar-refractivity contribution is -0.120. The zero-order chi connectivity index (χ0) is 20.9. The molecule has 1 amide bonds. The Kier molecular flexibility index (Phi) is 6.55. The van der Waals surface area contributed by atoms with E-state index in [1.807, 2.05) is 31.3 Å². The third kappa shape index (κ3) is 4.94. The number of carbonyl (C=O) groups excluding carboxylic acids is 1. The summed E-state index contributed by atoms with van der Waals surface area (Å²) in [5.41, 5.74) is 3.59. The van der Waals surface area contributed by atoms with Crippen molar-refractivity contribution in [1.82, 2.24) is 19.8 Å². The van der Waals surface area contributed by atoms with Gasteiger partial charge >= 0.3 is 0 Å². The summed E-state index contributed by atoms with van der Waals surface area (Å²) < 4.78 is 2.06. The average molecular weight is 421 g/mol. The van der Waals surface area contributed by atoms with Crippen LogP contribution < -0.4 is 5.32 Å². The minimum absolute atomic E-state index is 0.0749. The van der Waals surface area contributed by atoms with Gasteiger partial charge in [-0.25, -0.2) is 4.98 Å². The highest BCUT2D eigenvalue weighted by Gasteiger charge is 2.26. The van der Waals surface area contributed by atoms with Crippen LogP contribution in [0, 0.1) is 6.92 Å². The van der Waals surface area contributed by atoms with E-state index in [0.29, 0.717) is 0 Å². The third-order valence-electron chi connectivity index (χ3n) is 5.50. The third-order valence-corrected chi connectivity index (χ3v) is 6.58. The van der Waals surface area contributed by atoms with Crippen LogP contribution in [0.25, 0.3) is 5.69 Å². The van der Waals surface area contributed by atoms with E-state index < -0.39 is 0 Å². The van der Waals surface area contributed by atoms with Crippen molar-refractivity contribution in [3.8, 4) is 5.69 Å². The number of amides is 1. The molecule has 3 aromatic rings. The number of hydrogen-bond acceptors (Lipinski definition) is 4. The molecule has 1 aliphatic heterocycles. The summed E-state index contributed by atoms with van der Waals surface area (Å²) in [5, 5.41) is 3.87. The lowest BCUT2D eigenvalue weighted by Crippen LogP contribution is -2.40. The minimum atomic E-state index is -0.210. The fraction of sp³-hybridized carbons (Fsp3) is 0.333. The van der Waals surface area contributed by atoms with Gasteiger partial charge < -0.3 is 5.32 Å². The SMILES string of the molecule is Cc1ccccc1-n1ccnc1SC(C)C(=O)NC1CCN(Cc2ccccc2)C1. The van der Waals surface area contributed by atoms with Crippen LogP contribution in [-0.2, 0) is 11.3 Å². The van der Waals surface area contributed by atoms with Gasteiger partial charge in [-0.3, -0.25) is 14.3 Å². The molecule has 6 heteroatoms. The van der Waals surface area contributed by atoms with Gasteiger partial charge in [0.1, 0.15) is 0 Å². The second-order valence-electron chi connectivity index (χ2n) is 7.84. The number of thioether (sulfide) groups is 1. The first kappa shape index (κ1) is 20.7. The molecule has 156 valence electrons. The van der Waals surface area contributed by atoms with Crippen LogP contribution in [-0.4, -0.2) is 44.7 Å². The zero-order valence-electron chi connectivity index (χ0n) is 17.5. The molecule has 0 spiro atoms. The van der Waals surface area contributed by atoms with E-state index in [1.165, 1.54) is 22.9 Å². The maximum absolute atomic E-state index is 12.8. The van der Waals surface area contributed by atoms with Crippen LogP contribution >= 0.6 is 11.8 Å². The topological polar surface area (TPSA) is 50.2 Å². The lowest BCUT2D eigenvalue weighted by atomic mass is 10.2. The van der Waals surface area contributed by atoms with Gasteiger partial charge in [0, 0.05) is 38.1 Å². The number of aryl methyl sites for hydroxylation is 1. The van der Waals surface area contributed by atoms with Crippen LogP contribution in [0.2, 0.25) is 0 Å². The van der Waals surface area contributed by atoms with Gasteiger partial charge in [0.15, 0.2) is 5.16 Å². The van der Waals surface area contributed by atoms with Gasteiger partial charge in [-0.15, -0.1) is 0 Å². The van der Waals surface area contributed by atoms with Crippen molar-refractivity contribution in [2.24, 2.45) is 0 Å². The van der Waals surface area contributed by atoms with E-state index in [4.69, 9.17) is 0 Å². The molecule has 0 aliphatic carbocycles. The van der Waals surface area contributed by atoms with E-state index in [1.54, 1.807) is 6.20 Å². The summed E-state index contributed by atoms with van der Waals surface area (Å²) >= 11 is 1.50. The maximum Gasteiger partial charge on any atom is 0.233 e. The van der Waals surface area contributed by atoms with Gasteiger partial charge in [0.2, 0.25) is 5.91 Å². The predicted octanol–water partition coefficient (Wildman–Crippen LogP) is 4.05. The quantitative estimate of drug-likeness (QED) is 0.586. The monoisotopic (exact) mass is 420 g/mol. The first-order valence-electron chi connectivity index (χ1n) is 10.4. The van der Waals surface area contributed by atoms with Gasteiger partial charge in [-0.1, -0.05) is 60.3 Å². The number of benzene rings is 2. The molecule has 1 saturated heterocycles. The summed E-state index contributed by atoms with van der Waals surface area (Å²) in [6.45, 7) is 6.88. The first-order valence-corrected chi connectivity index (χ1v) is 11.3. The summed E-state index contributed by atoms with van der Waals surface area (Å²) in [5.74, 6) is 0.0749. The highest BCUT2D eigenvalue weighted by molar-refractivity contribution is 8.00. The number of rotatable bonds is 7. The summed E-state index contributed by atoms with van der Waals surface area (Å²) in [6, 6.07) is 18.9. The minimum Gasteiger partial charge on any atom is -0.351 e. The summed E-state index contributed by atoms with van der Waals surface area (Å²) in [6.07, 6.45) is 4.74. The number of nitrogens with zero attached hydrogens (tertiary/aromatic N) is 3. The molecule has 2 heterocycles. The molecule has 0 radical (unpaired) electrons. The van der Waals surface area contributed by atoms with Gasteiger partial charge in [-0.2, -0.15) is 0 Å². The standard InChI is InChI=1S/C24H28N4OS/c1-18-8-6-7-11-22(18)28-15-13-25-24(28)30-19(2)23(29)26-21-12-14-27(17-21)16-20-9-4-3-5-10-20/h3-11,13,15,19,21H,12,14,16-17H2,1-2H3,(H,26,29). The highest BCUT2D eigenvalue weighted by atomic mass is 32.2. The second-order valence-corrected chi connectivity index (χ2v) is 9.15. The molecule has 1 N–H and O–H groups in total. The maximum atomic E-state index is 12.8. The van der Waals surface area contributed by atoms with E-state index >= 15 is 0 Å². The van der Waals surface area contributed by atoms with Crippen molar-refractivity contribution in [1.29, 1.82) is 0 Å². The summed E-state index contributed by atoms with van der Waals surface area (Å²) in [7, 11) is 0. The molecule has 2 unspecified atom stereocenters. The van der Waals surface area contributed by atoms with Crippen molar-refractivity contribution >= 4 is 17.7 Å². The van der Waals surface area contributed by atoms with Gasteiger partial charge in [-0.05, 0) is 37.5 Å². The number of hydrogen-bond donors (Lipinski definition) is 1. The van der Waals surface area contributed by atoms with E-state index in [-0.39, 0.29) is 17.2 Å². The number of para-hydroxylation sites is 1. The largest absolute Gasteiger partial charge is 0.351 e. The van der Waals surface area contributed by atoms with Crippen molar-refractivity contribution in [3.05, 3.63) is 78.1 Å². The van der Waals surface area contributed by atoms with Crippen molar-refractivity contribution in [3.63, 3.8) is 0 Å². The molecule has 2 aromatic carbocycles. The molecular weight excluding hydrogens is 392 g/mol. The first-order chi connectivity index (χ1) is 14.6. The Balaban J connectivity index is 1.32. The summed E-state index contributed by atoms with van der Waals surface area (Å²) in [4.78, 5) is 19.7. The molecule has 1 aromatic heterocycles. The van der Waals surface area contributed by atoms with Gasteiger partial charge in [0.25, 0.3) is 0 Å². The van der Waals surface area contributed by atoms with Crippen LogP contribution in [0.15, 0.2) is 72.1 Å². The Morgan fingerprint density at radius 2 is 1.97 bits per heavy atom. The lowest BCUT2D eigenvalue weighted by Gasteiger charge is -2.19. The van der Waals surface area contributed by atoms with E-state index in [9.17, 15) is 4.79 Å². The molecule has 30 heavy (non-hydrogen) atoms. The highest BCUT2D eigenvalue weighted by Crippen LogP contribution is 2.26. The number of likely N-dealkylation sites (tertiary alicyclic amines) is 1. The zero-order valence-corrected chi connectivity index (χ0v) is 18.3. The van der Waals surface area contributed by atoms with E-state index in [2.05, 4.69) is 63.1 Å². The van der Waals surface area contributed by atoms with Gasteiger partial charge in [0.05, 0.1) is 10.9 Å². The Labute approximate surface area is 182 Å². The number of aromatic nitrogens is 2. The number of nitrogens with one attached hydrogen (secondary N) is 1. The Hall–Kier alpha value is -2.57. The molecule has 1 fully saturated rings. The smallest absolute Gasteiger partial charge is 0.233 e. The van der Waals surface area contributed by atoms with Crippen LogP contribution in [0.5, 0.6) is 0 Å². The second kappa shape index (κ2) is 9.49. The van der Waals surface area contributed by atoms with Crippen molar-refractivity contribution in [2.45, 2.75) is 43.3 Å². The molecule has 4 rings (SSSR count). The normalized spacial score (nSPS) is 17.7. The average Bonchev–Trinajstić information content (AvgIpc) is 3.38. The molecule has 0 bridgehead atoms. The van der Waals surface area contributed by atoms with Crippen LogP contribution in [0.3, 0.4) is 0 Å². The molecule has 2 atom stereocenters. The van der Waals surface area contributed by atoms with E-state index in [0.717, 1.165) is 36.9 Å². The number of imidazole rings is 1. The van der Waals surface area contributed by atoms with Crippen LogP contribution in [0.4, 0.5) is 0 Å². The molecule has 0 saturated carbocycles. The number of carbonyl (C=O) groups is 1. The Bertz CT molecular complexity index is 988. The Morgan fingerprint density at radius 3 is 2.77 bits per heavy atom. The fourth-order valence-corrected chi connectivity index (χ4v) is 4.75.